The lowest BCUT2D eigenvalue weighted by Crippen LogP contribution is -2.30. The van der Waals surface area contributed by atoms with Gasteiger partial charge in [0.1, 0.15) is 23.2 Å². The van der Waals surface area contributed by atoms with E-state index in [1.807, 2.05) is 6.07 Å². The van der Waals surface area contributed by atoms with Gasteiger partial charge in [-0.3, -0.25) is 0 Å². The summed E-state index contributed by atoms with van der Waals surface area (Å²) < 4.78 is 41.6. The highest BCUT2D eigenvalue weighted by Gasteiger charge is 2.33. The third-order valence-electron chi connectivity index (χ3n) is 3.42. The third-order valence-corrected chi connectivity index (χ3v) is 4.94. The van der Waals surface area contributed by atoms with Gasteiger partial charge in [0.2, 0.25) is 0 Å². The molecule has 1 aromatic carbocycles. The molecule has 0 spiro atoms. The number of halogens is 1. The smallest absolute Gasteiger partial charge is 0.301 e. The van der Waals surface area contributed by atoms with Gasteiger partial charge < -0.3 is 5.11 Å². The Morgan fingerprint density at radius 2 is 2.13 bits per heavy atom. The van der Waals surface area contributed by atoms with Gasteiger partial charge in [-0.05, 0) is 24.3 Å². The molecule has 0 unspecified atom stereocenters. The first kappa shape index (κ1) is 15.2. The molecule has 7 nitrogen and oxygen atoms in total. The molecule has 1 aliphatic heterocycles. The fourth-order valence-electron chi connectivity index (χ4n) is 2.34. The van der Waals surface area contributed by atoms with Crippen LogP contribution in [-0.2, 0) is 10.2 Å². The average Bonchev–Trinajstić information content (AvgIpc) is 2.87. The van der Waals surface area contributed by atoms with Crippen LogP contribution in [0.25, 0.3) is 11.1 Å². The van der Waals surface area contributed by atoms with Crippen molar-refractivity contribution in [2.75, 3.05) is 17.4 Å². The molecule has 0 saturated carbocycles. The zero-order valence-electron chi connectivity index (χ0n) is 11.7. The summed E-state index contributed by atoms with van der Waals surface area (Å²) in [6, 6.07) is 7.33. The predicted octanol–water partition coefficient (Wildman–Crippen LogP) is 1.12. The number of benzene rings is 1. The topological polar surface area (TPSA) is 106 Å². The molecule has 118 valence electrons. The number of phenols is 1. The molecular weight excluding hydrogens is 323 g/mol. The van der Waals surface area contributed by atoms with Crippen LogP contribution in [0.3, 0.4) is 0 Å². The SMILES string of the molecule is N#Cc1ccc(-c2ccc(O)c(N3CCNS3(=O)=O)c2F)cn1. The van der Waals surface area contributed by atoms with Crippen LogP contribution >= 0.6 is 0 Å². The zero-order chi connectivity index (χ0) is 16.6. The van der Waals surface area contributed by atoms with E-state index in [9.17, 15) is 17.9 Å². The fraction of sp³-hybridized carbons (Fsp3) is 0.143. The van der Waals surface area contributed by atoms with Crippen molar-refractivity contribution in [2.45, 2.75) is 0 Å². The number of nitriles is 1. The molecule has 0 aliphatic carbocycles. The Labute approximate surface area is 131 Å². The molecule has 2 heterocycles. The molecular formula is C14H11FN4O3S. The van der Waals surface area contributed by atoms with Gasteiger partial charge in [-0.1, -0.05) is 0 Å². The van der Waals surface area contributed by atoms with Crippen molar-refractivity contribution in [3.63, 3.8) is 0 Å². The number of hydrogen-bond acceptors (Lipinski definition) is 5. The second-order valence-electron chi connectivity index (χ2n) is 4.81. The second kappa shape index (κ2) is 5.49. The van der Waals surface area contributed by atoms with E-state index in [2.05, 4.69) is 9.71 Å². The van der Waals surface area contributed by atoms with E-state index in [1.54, 1.807) is 0 Å². The lowest BCUT2D eigenvalue weighted by Gasteiger charge is -2.19. The quantitative estimate of drug-likeness (QED) is 0.856. The summed E-state index contributed by atoms with van der Waals surface area (Å²) in [7, 11) is -3.87. The minimum Gasteiger partial charge on any atom is -0.506 e. The molecule has 0 atom stereocenters. The van der Waals surface area contributed by atoms with E-state index >= 15 is 0 Å². The van der Waals surface area contributed by atoms with Gasteiger partial charge in [0.15, 0.2) is 5.82 Å². The normalized spacial score (nSPS) is 16.3. The summed E-state index contributed by atoms with van der Waals surface area (Å²) in [5.74, 6) is -1.34. The minimum atomic E-state index is -3.87. The van der Waals surface area contributed by atoms with E-state index in [1.165, 1.54) is 30.5 Å². The molecule has 0 radical (unpaired) electrons. The van der Waals surface area contributed by atoms with Crippen molar-refractivity contribution in [3.05, 3.63) is 42.0 Å². The highest BCUT2D eigenvalue weighted by Crippen LogP contribution is 2.38. The van der Waals surface area contributed by atoms with Crippen LogP contribution in [0.5, 0.6) is 5.75 Å². The largest absolute Gasteiger partial charge is 0.506 e. The lowest BCUT2D eigenvalue weighted by atomic mass is 10.1. The maximum atomic E-state index is 14.8. The molecule has 0 bridgehead atoms. The summed E-state index contributed by atoms with van der Waals surface area (Å²) in [6.07, 6.45) is 1.31. The molecule has 1 fully saturated rings. The standard InChI is InChI=1S/C14H11FN4O3S/c15-13-11(9-1-2-10(7-16)17-8-9)3-4-12(20)14(13)19-6-5-18-23(19,21)22/h1-4,8,18,20H,5-6H2. The predicted molar refractivity (Wildman–Crippen MR) is 80.3 cm³/mol. The van der Waals surface area contributed by atoms with Gasteiger partial charge in [0.25, 0.3) is 0 Å². The Bertz CT molecular complexity index is 907. The second-order valence-corrected chi connectivity index (χ2v) is 6.49. The maximum Gasteiger partial charge on any atom is 0.301 e. The van der Waals surface area contributed by atoms with E-state index < -0.39 is 27.5 Å². The molecule has 2 N–H and O–H groups in total. The molecule has 1 saturated heterocycles. The summed E-state index contributed by atoms with van der Waals surface area (Å²) in [5, 5.41) is 18.6. The first-order chi connectivity index (χ1) is 10.9. The number of phenolic OH excluding ortho intramolecular Hbond substituents is 1. The van der Waals surface area contributed by atoms with Crippen LogP contribution in [0.15, 0.2) is 30.5 Å². The van der Waals surface area contributed by atoms with Crippen LogP contribution < -0.4 is 9.03 Å². The van der Waals surface area contributed by atoms with Crippen molar-refractivity contribution in [3.8, 4) is 22.9 Å². The lowest BCUT2D eigenvalue weighted by molar-refractivity contribution is 0.470. The Balaban J connectivity index is 2.14. The van der Waals surface area contributed by atoms with E-state index in [0.29, 0.717) is 5.56 Å². The molecule has 9 heteroatoms. The van der Waals surface area contributed by atoms with Crippen LogP contribution in [0, 0.1) is 17.1 Å². The maximum absolute atomic E-state index is 14.8. The number of anilines is 1. The highest BCUT2D eigenvalue weighted by molar-refractivity contribution is 7.91. The number of aromatic hydroxyl groups is 1. The van der Waals surface area contributed by atoms with Crippen molar-refractivity contribution in [1.82, 2.24) is 9.71 Å². The Hall–Kier alpha value is -2.70. The zero-order valence-corrected chi connectivity index (χ0v) is 12.5. The number of pyridine rings is 1. The Kier molecular flexibility index (Phi) is 3.63. The first-order valence-electron chi connectivity index (χ1n) is 6.59. The molecule has 3 rings (SSSR count). The molecule has 0 amide bonds. The number of nitrogens with one attached hydrogen (secondary N) is 1. The summed E-state index contributed by atoms with van der Waals surface area (Å²) in [5.41, 5.74) is 0.223. The third kappa shape index (κ3) is 2.58. The number of nitrogens with zero attached hydrogens (tertiary/aromatic N) is 3. The summed E-state index contributed by atoms with van der Waals surface area (Å²) in [6.45, 7) is 0.145. The van der Waals surface area contributed by atoms with Crippen molar-refractivity contribution in [1.29, 1.82) is 5.26 Å². The van der Waals surface area contributed by atoms with Gasteiger partial charge in [-0.2, -0.15) is 18.4 Å². The number of aromatic nitrogens is 1. The van der Waals surface area contributed by atoms with E-state index in [0.717, 1.165) is 4.31 Å². The summed E-state index contributed by atoms with van der Waals surface area (Å²) >= 11 is 0. The van der Waals surface area contributed by atoms with Gasteiger partial charge in [0, 0.05) is 30.4 Å². The van der Waals surface area contributed by atoms with Crippen LogP contribution in [0.2, 0.25) is 0 Å². The number of rotatable bonds is 2. The van der Waals surface area contributed by atoms with Gasteiger partial charge in [0.05, 0.1) is 0 Å². The van der Waals surface area contributed by atoms with E-state index in [-0.39, 0.29) is 24.3 Å². The van der Waals surface area contributed by atoms with Crippen molar-refractivity contribution in [2.24, 2.45) is 0 Å². The molecule has 1 aliphatic rings. The average molecular weight is 334 g/mol. The molecule has 1 aromatic heterocycles. The first-order valence-corrected chi connectivity index (χ1v) is 8.03. The van der Waals surface area contributed by atoms with E-state index in [4.69, 9.17) is 5.26 Å². The van der Waals surface area contributed by atoms with Gasteiger partial charge in [-0.15, -0.1) is 0 Å². The van der Waals surface area contributed by atoms with Crippen molar-refractivity contribution >= 4 is 15.9 Å². The fourth-order valence-corrected chi connectivity index (χ4v) is 3.59. The minimum absolute atomic E-state index is 0.0158. The van der Waals surface area contributed by atoms with Crippen LogP contribution in [0.4, 0.5) is 10.1 Å². The van der Waals surface area contributed by atoms with Gasteiger partial charge >= 0.3 is 10.2 Å². The molecule has 2 aromatic rings. The summed E-state index contributed by atoms with van der Waals surface area (Å²) in [4.78, 5) is 3.86. The van der Waals surface area contributed by atoms with Crippen LogP contribution in [0.1, 0.15) is 5.69 Å². The Morgan fingerprint density at radius 3 is 2.70 bits per heavy atom. The number of hydrogen-bond donors (Lipinski definition) is 2. The molecule has 23 heavy (non-hydrogen) atoms. The Morgan fingerprint density at radius 1 is 1.35 bits per heavy atom. The highest BCUT2D eigenvalue weighted by atomic mass is 32.2. The van der Waals surface area contributed by atoms with Crippen LogP contribution in [-0.4, -0.2) is 31.6 Å². The van der Waals surface area contributed by atoms with Gasteiger partial charge in [-0.25, -0.2) is 13.7 Å². The monoisotopic (exact) mass is 334 g/mol. The van der Waals surface area contributed by atoms with Crippen molar-refractivity contribution < 1.29 is 17.9 Å².